The van der Waals surface area contributed by atoms with Crippen molar-refractivity contribution < 1.29 is 32.2 Å². The fraction of sp³-hybridized carbons (Fsp3) is 0.667. The van der Waals surface area contributed by atoms with Gasteiger partial charge in [-0.15, -0.1) is 0 Å². The lowest BCUT2D eigenvalue weighted by molar-refractivity contribution is -0.226. The summed E-state index contributed by atoms with van der Waals surface area (Å²) in [5, 5.41) is 0. The lowest BCUT2D eigenvalue weighted by Gasteiger charge is -2.33. The van der Waals surface area contributed by atoms with Crippen molar-refractivity contribution in [3.63, 3.8) is 0 Å². The molecule has 3 unspecified atom stereocenters. The lowest BCUT2D eigenvalue weighted by Crippen LogP contribution is -2.46. The van der Waals surface area contributed by atoms with Crippen molar-refractivity contribution in [1.82, 2.24) is 0 Å². The maximum absolute atomic E-state index is 13.0. The smallest absolute Gasteiger partial charge is 0.405 e. The Labute approximate surface area is 107 Å². The zero-order valence-corrected chi connectivity index (χ0v) is 10.3. The molecule has 1 saturated carbocycles. The first-order valence-electron chi connectivity index (χ1n) is 5.82. The summed E-state index contributed by atoms with van der Waals surface area (Å²) in [5.41, 5.74) is -2.28. The van der Waals surface area contributed by atoms with Crippen molar-refractivity contribution in [2.75, 3.05) is 0 Å². The SMILES string of the molecule is C=C(C)C(=O)OC1CCC2(C(F)(F)F)CC1OC2=O. The van der Waals surface area contributed by atoms with Gasteiger partial charge in [-0.1, -0.05) is 6.58 Å². The van der Waals surface area contributed by atoms with Gasteiger partial charge in [-0.05, 0) is 19.8 Å². The second-order valence-corrected chi connectivity index (χ2v) is 4.99. The molecule has 7 heteroatoms. The molecule has 1 aliphatic carbocycles. The Hall–Kier alpha value is -1.53. The number of hydrogen-bond acceptors (Lipinski definition) is 4. The predicted molar refractivity (Wildman–Crippen MR) is 56.9 cm³/mol. The molecular formula is C12H13F3O4. The maximum Gasteiger partial charge on any atom is 0.405 e. The molecule has 0 N–H and O–H groups in total. The van der Waals surface area contributed by atoms with E-state index in [0.29, 0.717) is 0 Å². The van der Waals surface area contributed by atoms with E-state index in [1.165, 1.54) is 6.92 Å². The number of alkyl halides is 3. The fourth-order valence-electron chi connectivity index (χ4n) is 2.45. The molecule has 2 rings (SSSR count). The van der Waals surface area contributed by atoms with Crippen molar-refractivity contribution in [3.05, 3.63) is 12.2 Å². The quantitative estimate of drug-likeness (QED) is 0.573. The van der Waals surface area contributed by atoms with Crippen LogP contribution in [0.15, 0.2) is 12.2 Å². The monoisotopic (exact) mass is 278 g/mol. The van der Waals surface area contributed by atoms with E-state index < -0.39 is 48.6 Å². The Morgan fingerprint density at radius 1 is 1.53 bits per heavy atom. The van der Waals surface area contributed by atoms with E-state index in [4.69, 9.17) is 9.47 Å². The average molecular weight is 278 g/mol. The summed E-state index contributed by atoms with van der Waals surface area (Å²) >= 11 is 0. The molecule has 0 aromatic rings. The van der Waals surface area contributed by atoms with Gasteiger partial charge in [0.1, 0.15) is 12.2 Å². The number of ether oxygens (including phenoxy) is 2. The normalized spacial score (nSPS) is 33.8. The zero-order valence-electron chi connectivity index (χ0n) is 10.3. The minimum Gasteiger partial charge on any atom is -0.458 e. The van der Waals surface area contributed by atoms with Gasteiger partial charge in [0.25, 0.3) is 0 Å². The summed E-state index contributed by atoms with van der Waals surface area (Å²) in [7, 11) is 0. The van der Waals surface area contributed by atoms with Gasteiger partial charge in [-0.25, -0.2) is 4.79 Å². The Morgan fingerprint density at radius 3 is 2.68 bits per heavy atom. The van der Waals surface area contributed by atoms with E-state index in [-0.39, 0.29) is 12.0 Å². The van der Waals surface area contributed by atoms with E-state index in [2.05, 4.69) is 6.58 Å². The molecule has 19 heavy (non-hydrogen) atoms. The van der Waals surface area contributed by atoms with Gasteiger partial charge in [-0.2, -0.15) is 13.2 Å². The number of halogens is 3. The zero-order chi connectivity index (χ0) is 14.4. The van der Waals surface area contributed by atoms with Crippen LogP contribution in [0.5, 0.6) is 0 Å². The van der Waals surface area contributed by atoms with Crippen LogP contribution in [0.2, 0.25) is 0 Å². The highest BCUT2D eigenvalue weighted by atomic mass is 19.4. The second kappa shape index (κ2) is 4.25. The number of esters is 2. The molecule has 2 fully saturated rings. The highest BCUT2D eigenvalue weighted by molar-refractivity contribution is 5.87. The van der Waals surface area contributed by atoms with Crippen molar-refractivity contribution in [2.45, 2.75) is 44.6 Å². The van der Waals surface area contributed by atoms with Gasteiger partial charge >= 0.3 is 18.1 Å². The van der Waals surface area contributed by atoms with Crippen LogP contribution in [-0.4, -0.2) is 30.3 Å². The van der Waals surface area contributed by atoms with Crippen LogP contribution in [0.1, 0.15) is 26.2 Å². The van der Waals surface area contributed by atoms with Gasteiger partial charge < -0.3 is 9.47 Å². The van der Waals surface area contributed by atoms with Gasteiger partial charge in [0, 0.05) is 12.0 Å². The van der Waals surface area contributed by atoms with Crippen molar-refractivity contribution in [2.24, 2.45) is 5.41 Å². The molecule has 1 heterocycles. The summed E-state index contributed by atoms with van der Waals surface area (Å²) in [6.07, 6.45) is -7.43. The summed E-state index contributed by atoms with van der Waals surface area (Å²) in [4.78, 5) is 22.8. The first-order valence-corrected chi connectivity index (χ1v) is 5.82. The van der Waals surface area contributed by atoms with Crippen LogP contribution in [0.4, 0.5) is 13.2 Å². The summed E-state index contributed by atoms with van der Waals surface area (Å²) in [6, 6.07) is 0. The molecule has 0 radical (unpaired) electrons. The molecule has 1 aliphatic heterocycles. The molecule has 4 nitrogen and oxygen atoms in total. The molecule has 3 atom stereocenters. The highest BCUT2D eigenvalue weighted by Gasteiger charge is 2.69. The van der Waals surface area contributed by atoms with E-state index in [0.717, 1.165) is 0 Å². The number of carbonyl (C=O) groups is 2. The standard InChI is InChI=1S/C12H13F3O4/c1-6(2)9(16)18-7-3-4-11(12(13,14)15)5-8(7)19-10(11)17/h7-8H,1,3-5H2,2H3. The Kier molecular flexibility index (Phi) is 3.10. The van der Waals surface area contributed by atoms with Crippen LogP contribution in [-0.2, 0) is 19.1 Å². The van der Waals surface area contributed by atoms with Gasteiger partial charge in [0.05, 0.1) is 0 Å². The predicted octanol–water partition coefficient (Wildman–Crippen LogP) is 2.13. The number of rotatable bonds is 2. The molecule has 0 aromatic carbocycles. The summed E-state index contributed by atoms with van der Waals surface area (Å²) < 4.78 is 48.7. The lowest BCUT2D eigenvalue weighted by atomic mass is 9.73. The minimum atomic E-state index is -4.64. The van der Waals surface area contributed by atoms with Crippen LogP contribution >= 0.6 is 0 Å². The maximum atomic E-state index is 13.0. The van der Waals surface area contributed by atoms with E-state index in [1.807, 2.05) is 0 Å². The Balaban J connectivity index is 2.14. The molecule has 2 aliphatic rings. The van der Waals surface area contributed by atoms with Gasteiger partial charge in [0.15, 0.2) is 5.41 Å². The van der Waals surface area contributed by atoms with Crippen LogP contribution in [0.25, 0.3) is 0 Å². The van der Waals surface area contributed by atoms with Crippen molar-refractivity contribution in [3.8, 4) is 0 Å². The number of carbonyl (C=O) groups excluding carboxylic acids is 2. The third kappa shape index (κ3) is 2.11. The Bertz CT molecular complexity index is 443. The van der Waals surface area contributed by atoms with Crippen LogP contribution in [0, 0.1) is 5.41 Å². The largest absolute Gasteiger partial charge is 0.458 e. The highest BCUT2D eigenvalue weighted by Crippen LogP contribution is 2.55. The molecule has 1 saturated heterocycles. The third-order valence-electron chi connectivity index (χ3n) is 3.62. The van der Waals surface area contributed by atoms with Crippen molar-refractivity contribution in [1.29, 1.82) is 0 Å². The second-order valence-electron chi connectivity index (χ2n) is 4.99. The van der Waals surface area contributed by atoms with Gasteiger partial charge in [-0.3, -0.25) is 4.79 Å². The van der Waals surface area contributed by atoms with Crippen LogP contribution < -0.4 is 0 Å². The molecule has 0 aromatic heterocycles. The fourth-order valence-corrected chi connectivity index (χ4v) is 2.45. The third-order valence-corrected chi connectivity index (χ3v) is 3.62. The molecular weight excluding hydrogens is 265 g/mol. The van der Waals surface area contributed by atoms with E-state index >= 15 is 0 Å². The van der Waals surface area contributed by atoms with E-state index in [9.17, 15) is 22.8 Å². The molecule has 106 valence electrons. The van der Waals surface area contributed by atoms with Crippen LogP contribution in [0.3, 0.4) is 0 Å². The topological polar surface area (TPSA) is 52.6 Å². The molecule has 0 amide bonds. The summed E-state index contributed by atoms with van der Waals surface area (Å²) in [6.45, 7) is 4.82. The first kappa shape index (κ1) is 13.9. The summed E-state index contributed by atoms with van der Waals surface area (Å²) in [5.74, 6) is -1.95. The molecule has 2 bridgehead atoms. The van der Waals surface area contributed by atoms with Gasteiger partial charge in [0.2, 0.25) is 0 Å². The average Bonchev–Trinajstić information content (AvgIpc) is 2.56. The Morgan fingerprint density at radius 2 is 2.16 bits per heavy atom. The van der Waals surface area contributed by atoms with E-state index in [1.54, 1.807) is 0 Å². The number of fused-ring (bicyclic) bond motifs is 2. The number of hydrogen-bond donors (Lipinski definition) is 0. The first-order chi connectivity index (χ1) is 8.67. The minimum absolute atomic E-state index is 0.0467. The van der Waals surface area contributed by atoms with Crippen molar-refractivity contribution >= 4 is 11.9 Å². The molecule has 0 spiro atoms.